The van der Waals surface area contributed by atoms with Crippen LogP contribution in [0.15, 0.2) is 0 Å². The fourth-order valence-electron chi connectivity index (χ4n) is 2.57. The van der Waals surface area contributed by atoms with E-state index in [1.807, 2.05) is 32.6 Å². The lowest BCUT2D eigenvalue weighted by atomic mass is 9.95. The molecule has 0 spiro atoms. The van der Waals surface area contributed by atoms with E-state index in [9.17, 15) is 4.79 Å². The Labute approximate surface area is 130 Å². The normalized spacial score (nSPS) is 19.7. The minimum Gasteiger partial charge on any atom is -0.368 e. The number of piperidine rings is 1. The van der Waals surface area contributed by atoms with Gasteiger partial charge in [-0.3, -0.25) is 4.79 Å². The first-order chi connectivity index (χ1) is 9.71. The fraction of sp³-hybridized carbons (Fsp3) is 0.667. The second-order valence-corrected chi connectivity index (χ2v) is 7.00. The van der Waals surface area contributed by atoms with E-state index in [1.54, 1.807) is 0 Å². The standard InChI is InChI=1S/C15H23ClN4O/c1-9-11(16)18-14(15(2,3)4)19-13(9)20-8-6-5-7-10(20)12(17)21/h10H,5-8H2,1-4H3,(H2,17,21). The van der Waals surface area contributed by atoms with Gasteiger partial charge in [0.15, 0.2) is 0 Å². The maximum atomic E-state index is 11.7. The van der Waals surface area contributed by atoms with Crippen LogP contribution in [-0.2, 0) is 10.2 Å². The Kier molecular flexibility index (Phi) is 4.42. The van der Waals surface area contributed by atoms with Gasteiger partial charge >= 0.3 is 0 Å². The molecule has 1 aromatic heterocycles. The average Bonchev–Trinajstić information content (AvgIpc) is 2.40. The molecule has 1 unspecified atom stereocenters. The third kappa shape index (κ3) is 3.28. The van der Waals surface area contributed by atoms with E-state index in [0.717, 1.165) is 37.2 Å². The zero-order valence-electron chi connectivity index (χ0n) is 13.1. The predicted octanol–water partition coefficient (Wildman–Crippen LogP) is 2.58. The van der Waals surface area contributed by atoms with Crippen LogP contribution in [0.5, 0.6) is 0 Å². The number of amides is 1. The van der Waals surface area contributed by atoms with E-state index in [2.05, 4.69) is 9.97 Å². The van der Waals surface area contributed by atoms with Crippen molar-refractivity contribution in [3.63, 3.8) is 0 Å². The molecule has 0 aromatic carbocycles. The first-order valence-corrected chi connectivity index (χ1v) is 7.70. The van der Waals surface area contributed by atoms with E-state index >= 15 is 0 Å². The first-order valence-electron chi connectivity index (χ1n) is 7.32. The molecule has 6 heteroatoms. The number of hydrogen-bond acceptors (Lipinski definition) is 4. The van der Waals surface area contributed by atoms with Crippen LogP contribution >= 0.6 is 11.6 Å². The highest BCUT2D eigenvalue weighted by molar-refractivity contribution is 6.30. The largest absolute Gasteiger partial charge is 0.368 e. The van der Waals surface area contributed by atoms with Crippen LogP contribution in [0.3, 0.4) is 0 Å². The Morgan fingerprint density at radius 1 is 1.33 bits per heavy atom. The van der Waals surface area contributed by atoms with E-state index in [1.165, 1.54) is 0 Å². The summed E-state index contributed by atoms with van der Waals surface area (Å²) in [6.45, 7) is 8.78. The summed E-state index contributed by atoms with van der Waals surface area (Å²) in [6, 6.07) is -0.309. The van der Waals surface area contributed by atoms with E-state index < -0.39 is 0 Å². The number of halogens is 1. The first kappa shape index (κ1) is 16.0. The lowest BCUT2D eigenvalue weighted by molar-refractivity contribution is -0.119. The number of anilines is 1. The number of nitrogens with zero attached hydrogens (tertiary/aromatic N) is 3. The number of aromatic nitrogens is 2. The second kappa shape index (κ2) is 5.79. The number of hydrogen-bond donors (Lipinski definition) is 1. The number of rotatable bonds is 2. The summed E-state index contributed by atoms with van der Waals surface area (Å²) in [4.78, 5) is 22.8. The molecular formula is C15H23ClN4O. The molecule has 21 heavy (non-hydrogen) atoms. The van der Waals surface area contributed by atoms with Crippen molar-refractivity contribution in [2.75, 3.05) is 11.4 Å². The Bertz CT molecular complexity index is 553. The average molecular weight is 311 g/mol. The van der Waals surface area contributed by atoms with Gasteiger partial charge in [-0.15, -0.1) is 0 Å². The Morgan fingerprint density at radius 3 is 2.57 bits per heavy atom. The number of carbonyl (C=O) groups excluding carboxylic acids is 1. The van der Waals surface area contributed by atoms with Gasteiger partial charge in [0.05, 0.1) is 0 Å². The van der Waals surface area contributed by atoms with Crippen molar-refractivity contribution in [2.24, 2.45) is 5.73 Å². The zero-order chi connectivity index (χ0) is 15.8. The summed E-state index contributed by atoms with van der Waals surface area (Å²) < 4.78 is 0. The zero-order valence-corrected chi connectivity index (χ0v) is 13.9. The van der Waals surface area contributed by atoms with Gasteiger partial charge in [0.2, 0.25) is 5.91 Å². The van der Waals surface area contributed by atoms with Crippen LogP contribution in [-0.4, -0.2) is 28.5 Å². The lowest BCUT2D eigenvalue weighted by Crippen LogP contribution is -2.48. The summed E-state index contributed by atoms with van der Waals surface area (Å²) in [6.07, 6.45) is 2.80. The molecule has 2 rings (SSSR count). The van der Waals surface area contributed by atoms with Crippen LogP contribution in [0.4, 0.5) is 5.82 Å². The van der Waals surface area contributed by atoms with Gasteiger partial charge < -0.3 is 10.6 Å². The van der Waals surface area contributed by atoms with Crippen molar-refractivity contribution in [1.82, 2.24) is 9.97 Å². The van der Waals surface area contributed by atoms with Crippen LogP contribution in [0, 0.1) is 6.92 Å². The predicted molar refractivity (Wildman–Crippen MR) is 84.7 cm³/mol. The SMILES string of the molecule is Cc1c(Cl)nc(C(C)(C)C)nc1N1CCCCC1C(N)=O. The Hall–Kier alpha value is -1.36. The third-order valence-electron chi connectivity index (χ3n) is 3.83. The maximum Gasteiger partial charge on any atom is 0.240 e. The molecule has 1 aliphatic heterocycles. The molecular weight excluding hydrogens is 288 g/mol. The lowest BCUT2D eigenvalue weighted by Gasteiger charge is -2.36. The number of carbonyl (C=O) groups is 1. The van der Waals surface area contributed by atoms with Crippen LogP contribution in [0.2, 0.25) is 5.15 Å². The quantitative estimate of drug-likeness (QED) is 0.852. The van der Waals surface area contributed by atoms with Gasteiger partial charge in [0.25, 0.3) is 0 Å². The topological polar surface area (TPSA) is 72.1 Å². The van der Waals surface area contributed by atoms with Crippen molar-refractivity contribution in [3.8, 4) is 0 Å². The molecule has 1 atom stereocenters. The molecule has 2 N–H and O–H groups in total. The molecule has 1 aromatic rings. The van der Waals surface area contributed by atoms with Gasteiger partial charge in [-0.25, -0.2) is 9.97 Å². The molecule has 1 aliphatic rings. The highest BCUT2D eigenvalue weighted by Gasteiger charge is 2.31. The molecule has 1 fully saturated rings. The molecule has 0 aliphatic carbocycles. The molecule has 116 valence electrons. The maximum absolute atomic E-state index is 11.7. The van der Waals surface area contributed by atoms with Gasteiger partial charge in [-0.1, -0.05) is 32.4 Å². The minimum atomic E-state index is -0.309. The molecule has 1 saturated heterocycles. The van der Waals surface area contributed by atoms with Crippen molar-refractivity contribution in [2.45, 2.75) is 58.4 Å². The van der Waals surface area contributed by atoms with Crippen molar-refractivity contribution >= 4 is 23.3 Å². The molecule has 0 radical (unpaired) electrons. The minimum absolute atomic E-state index is 0.204. The smallest absolute Gasteiger partial charge is 0.240 e. The Morgan fingerprint density at radius 2 is 2.00 bits per heavy atom. The third-order valence-corrected chi connectivity index (χ3v) is 4.20. The van der Waals surface area contributed by atoms with E-state index in [4.69, 9.17) is 17.3 Å². The number of nitrogens with two attached hydrogens (primary N) is 1. The van der Waals surface area contributed by atoms with Gasteiger partial charge in [0, 0.05) is 17.5 Å². The van der Waals surface area contributed by atoms with Crippen LogP contribution in [0.1, 0.15) is 51.4 Å². The summed E-state index contributed by atoms with van der Waals surface area (Å²) in [5.41, 5.74) is 6.15. The van der Waals surface area contributed by atoms with Crippen molar-refractivity contribution in [1.29, 1.82) is 0 Å². The monoisotopic (exact) mass is 310 g/mol. The summed E-state index contributed by atoms with van der Waals surface area (Å²) in [7, 11) is 0. The fourth-order valence-corrected chi connectivity index (χ4v) is 2.74. The van der Waals surface area contributed by atoms with Crippen molar-refractivity contribution < 1.29 is 4.79 Å². The van der Waals surface area contributed by atoms with Crippen molar-refractivity contribution in [3.05, 3.63) is 16.5 Å². The van der Waals surface area contributed by atoms with Crippen LogP contribution in [0.25, 0.3) is 0 Å². The summed E-state index contributed by atoms with van der Waals surface area (Å²) >= 11 is 6.28. The Balaban J connectivity index is 2.51. The van der Waals surface area contributed by atoms with E-state index in [-0.39, 0.29) is 17.4 Å². The highest BCUT2D eigenvalue weighted by atomic mass is 35.5. The van der Waals surface area contributed by atoms with Gasteiger partial charge in [-0.2, -0.15) is 0 Å². The molecule has 5 nitrogen and oxygen atoms in total. The number of primary amides is 1. The molecule has 0 bridgehead atoms. The second-order valence-electron chi connectivity index (χ2n) is 6.64. The molecule has 0 saturated carbocycles. The molecule has 1 amide bonds. The van der Waals surface area contributed by atoms with Crippen LogP contribution < -0.4 is 10.6 Å². The van der Waals surface area contributed by atoms with Gasteiger partial charge in [-0.05, 0) is 26.2 Å². The highest BCUT2D eigenvalue weighted by Crippen LogP contribution is 2.31. The summed E-state index contributed by atoms with van der Waals surface area (Å²) in [5.74, 6) is 1.12. The van der Waals surface area contributed by atoms with Gasteiger partial charge in [0.1, 0.15) is 22.8 Å². The molecule has 2 heterocycles. The summed E-state index contributed by atoms with van der Waals surface area (Å²) in [5, 5.41) is 0.443. The van der Waals surface area contributed by atoms with E-state index in [0.29, 0.717) is 11.0 Å².